The molecule has 0 spiro atoms. The highest BCUT2D eigenvalue weighted by Gasteiger charge is 2.09. The number of aryl methyl sites for hydroxylation is 2. The maximum atomic E-state index is 2.31. The zero-order chi connectivity index (χ0) is 22.2. The van der Waals surface area contributed by atoms with Crippen LogP contribution in [0.3, 0.4) is 0 Å². The van der Waals surface area contributed by atoms with Crippen LogP contribution >= 0.6 is 22.7 Å². The molecule has 0 unspecified atom stereocenters. The van der Waals surface area contributed by atoms with E-state index in [1.54, 1.807) is 0 Å². The molecule has 2 heteroatoms. The van der Waals surface area contributed by atoms with E-state index in [0.717, 1.165) is 0 Å². The molecular formula is C30H34S2. The normalized spacial score (nSPS) is 11.2. The first kappa shape index (κ1) is 23.0. The molecule has 0 aliphatic heterocycles. The lowest BCUT2D eigenvalue weighted by atomic mass is 10.0. The van der Waals surface area contributed by atoms with Crippen LogP contribution in [0.4, 0.5) is 0 Å². The Morgan fingerprint density at radius 2 is 0.812 bits per heavy atom. The van der Waals surface area contributed by atoms with Gasteiger partial charge in [0.2, 0.25) is 0 Å². The van der Waals surface area contributed by atoms with Crippen LogP contribution in [0.25, 0.3) is 30.6 Å². The van der Waals surface area contributed by atoms with Crippen molar-refractivity contribution >= 4 is 22.7 Å². The van der Waals surface area contributed by atoms with Gasteiger partial charge in [0.15, 0.2) is 0 Å². The van der Waals surface area contributed by atoms with E-state index in [4.69, 9.17) is 0 Å². The minimum atomic E-state index is 1.20. The fourth-order valence-corrected chi connectivity index (χ4v) is 6.19. The molecule has 0 atom stereocenters. The van der Waals surface area contributed by atoms with Gasteiger partial charge in [0, 0.05) is 19.5 Å². The molecule has 0 bridgehead atoms. The van der Waals surface area contributed by atoms with Crippen molar-refractivity contribution in [3.05, 3.63) is 83.9 Å². The van der Waals surface area contributed by atoms with Crippen LogP contribution in [0.1, 0.15) is 63.5 Å². The molecule has 0 aliphatic carbocycles. The molecule has 0 radical (unpaired) electrons. The molecule has 2 aromatic carbocycles. The Morgan fingerprint density at radius 1 is 0.438 bits per heavy atom. The van der Waals surface area contributed by atoms with Crippen LogP contribution in [0.5, 0.6) is 0 Å². The highest BCUT2D eigenvalue weighted by Crippen LogP contribution is 2.40. The van der Waals surface area contributed by atoms with Crippen molar-refractivity contribution < 1.29 is 0 Å². The minimum Gasteiger partial charge on any atom is -0.134 e. The highest BCUT2D eigenvalue weighted by atomic mass is 32.1. The molecule has 0 nitrogen and oxygen atoms in total. The molecule has 0 saturated heterocycles. The molecule has 0 amide bonds. The van der Waals surface area contributed by atoms with Gasteiger partial charge in [-0.1, -0.05) is 88.1 Å². The second kappa shape index (κ2) is 11.6. The van der Waals surface area contributed by atoms with E-state index in [1.807, 2.05) is 22.7 Å². The first-order chi connectivity index (χ1) is 15.8. The van der Waals surface area contributed by atoms with Crippen molar-refractivity contribution in [2.24, 2.45) is 0 Å². The van der Waals surface area contributed by atoms with Crippen LogP contribution in [-0.4, -0.2) is 0 Å². The largest absolute Gasteiger partial charge is 0.134 e. The molecule has 0 saturated carbocycles. The van der Waals surface area contributed by atoms with Crippen LogP contribution in [0, 0.1) is 0 Å². The summed E-state index contributed by atoms with van der Waals surface area (Å²) in [7, 11) is 0. The smallest absolute Gasteiger partial charge is 0.0449 e. The van der Waals surface area contributed by atoms with E-state index in [0.29, 0.717) is 0 Å². The summed E-state index contributed by atoms with van der Waals surface area (Å²) in [6.07, 6.45) is 10.2. The monoisotopic (exact) mass is 458 g/mol. The van der Waals surface area contributed by atoms with Crippen LogP contribution in [-0.2, 0) is 12.8 Å². The predicted molar refractivity (Wildman–Crippen MR) is 145 cm³/mol. The van der Waals surface area contributed by atoms with Crippen molar-refractivity contribution in [1.82, 2.24) is 0 Å². The summed E-state index contributed by atoms with van der Waals surface area (Å²) >= 11 is 3.80. The average molecular weight is 459 g/mol. The maximum Gasteiger partial charge on any atom is 0.0449 e. The molecular weight excluding hydrogens is 424 g/mol. The van der Waals surface area contributed by atoms with Crippen molar-refractivity contribution in [3.8, 4) is 30.6 Å². The third kappa shape index (κ3) is 5.99. The van der Waals surface area contributed by atoms with Gasteiger partial charge in [-0.2, -0.15) is 0 Å². The van der Waals surface area contributed by atoms with Crippen LogP contribution in [0.15, 0.2) is 72.8 Å². The molecule has 2 aromatic heterocycles. The number of rotatable bonds is 11. The van der Waals surface area contributed by atoms with E-state index in [1.165, 1.54) is 93.1 Å². The summed E-state index contributed by atoms with van der Waals surface area (Å²) in [5.74, 6) is 0. The lowest BCUT2D eigenvalue weighted by Gasteiger charge is -2.03. The summed E-state index contributed by atoms with van der Waals surface area (Å²) in [5, 5.41) is 0. The van der Waals surface area contributed by atoms with E-state index < -0.39 is 0 Å². The summed E-state index contributed by atoms with van der Waals surface area (Å²) in [6.45, 7) is 4.53. The molecule has 2 heterocycles. The van der Waals surface area contributed by atoms with Crippen molar-refractivity contribution in [2.45, 2.75) is 65.2 Å². The molecule has 166 valence electrons. The Kier molecular flexibility index (Phi) is 8.36. The van der Waals surface area contributed by atoms with Gasteiger partial charge < -0.3 is 0 Å². The van der Waals surface area contributed by atoms with Crippen molar-refractivity contribution in [1.29, 1.82) is 0 Å². The average Bonchev–Trinajstić information content (AvgIpc) is 3.51. The fourth-order valence-electron chi connectivity index (χ4n) is 4.08. The lowest BCUT2D eigenvalue weighted by molar-refractivity contribution is 0.717. The van der Waals surface area contributed by atoms with Gasteiger partial charge in [-0.05, 0) is 72.2 Å². The Morgan fingerprint density at radius 3 is 1.19 bits per heavy atom. The van der Waals surface area contributed by atoms with E-state index in [2.05, 4.69) is 86.6 Å². The molecule has 0 N–H and O–H groups in total. The Balaban J connectivity index is 1.42. The van der Waals surface area contributed by atoms with Crippen molar-refractivity contribution in [2.75, 3.05) is 0 Å². The first-order valence-electron chi connectivity index (χ1n) is 12.2. The topological polar surface area (TPSA) is 0 Å². The zero-order valence-corrected chi connectivity index (χ0v) is 21.0. The second-order valence-electron chi connectivity index (χ2n) is 8.64. The molecule has 32 heavy (non-hydrogen) atoms. The molecule has 4 aromatic rings. The first-order valence-corrected chi connectivity index (χ1v) is 13.8. The van der Waals surface area contributed by atoms with Gasteiger partial charge in [-0.25, -0.2) is 0 Å². The fraction of sp³-hybridized carbons (Fsp3) is 0.333. The maximum absolute atomic E-state index is 2.31. The summed E-state index contributed by atoms with van der Waals surface area (Å²) < 4.78 is 0. The van der Waals surface area contributed by atoms with Gasteiger partial charge in [0.05, 0.1) is 0 Å². The van der Waals surface area contributed by atoms with Crippen molar-refractivity contribution in [3.63, 3.8) is 0 Å². The minimum absolute atomic E-state index is 1.20. The van der Waals surface area contributed by atoms with E-state index in [9.17, 15) is 0 Å². The summed E-state index contributed by atoms with van der Waals surface area (Å²) in [4.78, 5) is 5.43. The summed E-state index contributed by atoms with van der Waals surface area (Å²) in [5.41, 5.74) is 5.57. The Hall–Kier alpha value is -2.16. The standard InChI is InChI=1S/C30H34S2/c1-3-5-7-9-23-11-15-25(16-12-23)27-19-21-29(31-27)30-22-20-28(32-30)26-17-13-24(14-18-26)10-8-6-4-2/h11-22H,3-10H2,1-2H3. The van der Waals surface area contributed by atoms with E-state index >= 15 is 0 Å². The van der Waals surface area contributed by atoms with Crippen LogP contribution < -0.4 is 0 Å². The third-order valence-corrected chi connectivity index (χ3v) is 8.53. The second-order valence-corrected chi connectivity index (χ2v) is 10.8. The van der Waals surface area contributed by atoms with Gasteiger partial charge in [0.1, 0.15) is 0 Å². The predicted octanol–water partition coefficient (Wildman–Crippen LogP) is 10.3. The lowest BCUT2D eigenvalue weighted by Crippen LogP contribution is -1.85. The Bertz CT molecular complexity index is 991. The van der Waals surface area contributed by atoms with Gasteiger partial charge in [-0.15, -0.1) is 22.7 Å². The number of hydrogen-bond acceptors (Lipinski definition) is 2. The number of thiophene rings is 2. The highest BCUT2D eigenvalue weighted by molar-refractivity contribution is 7.25. The molecule has 0 aliphatic rings. The Labute approximate surface area is 202 Å². The zero-order valence-electron chi connectivity index (χ0n) is 19.4. The molecule has 0 fully saturated rings. The SMILES string of the molecule is CCCCCc1ccc(-c2ccc(-c3ccc(-c4ccc(CCCCC)cc4)s3)s2)cc1. The van der Waals surface area contributed by atoms with Gasteiger partial charge in [0.25, 0.3) is 0 Å². The van der Waals surface area contributed by atoms with E-state index in [-0.39, 0.29) is 0 Å². The number of benzene rings is 2. The van der Waals surface area contributed by atoms with Gasteiger partial charge >= 0.3 is 0 Å². The number of hydrogen-bond donors (Lipinski definition) is 0. The molecule has 4 rings (SSSR count). The summed E-state index contributed by atoms with van der Waals surface area (Å²) in [6, 6.07) is 27.5. The van der Waals surface area contributed by atoms with Crippen LogP contribution in [0.2, 0.25) is 0 Å². The van der Waals surface area contributed by atoms with Gasteiger partial charge in [-0.3, -0.25) is 0 Å². The number of unbranched alkanes of at least 4 members (excludes halogenated alkanes) is 4. The quantitative estimate of drug-likeness (QED) is 0.196. The third-order valence-electron chi connectivity index (χ3n) is 6.07.